The summed E-state index contributed by atoms with van der Waals surface area (Å²) in [4.78, 5) is 22.5. The molecule has 0 saturated carbocycles. The number of rotatable bonds is 3. The minimum absolute atomic E-state index is 0.0769. The van der Waals surface area contributed by atoms with Gasteiger partial charge in [0.15, 0.2) is 5.91 Å². The maximum Gasteiger partial charge on any atom is 0.417 e. The smallest absolute Gasteiger partial charge is 0.417 e. The highest BCUT2D eigenvalue weighted by Gasteiger charge is 2.33. The van der Waals surface area contributed by atoms with Gasteiger partial charge in [-0.25, -0.2) is 4.79 Å². The zero-order chi connectivity index (χ0) is 15.6. The summed E-state index contributed by atoms with van der Waals surface area (Å²) < 4.78 is 43.2. The number of carbonyl (C=O) groups excluding carboxylic acids is 1. The fourth-order valence-corrected chi connectivity index (χ4v) is 1.72. The second kappa shape index (κ2) is 5.35. The van der Waals surface area contributed by atoms with Crippen molar-refractivity contribution < 1.29 is 22.4 Å². The Balaban J connectivity index is 2.52. The van der Waals surface area contributed by atoms with Gasteiger partial charge in [0, 0.05) is 18.0 Å². The summed E-state index contributed by atoms with van der Waals surface area (Å²) in [5.41, 5.74) is -2.43. The molecule has 1 aromatic carbocycles. The molecule has 0 bridgehead atoms. The van der Waals surface area contributed by atoms with Gasteiger partial charge in [-0.05, 0) is 6.07 Å². The van der Waals surface area contributed by atoms with Crippen molar-refractivity contribution in [2.45, 2.75) is 6.18 Å². The molecule has 0 aliphatic rings. The number of hydrogen-bond donors (Lipinski definition) is 0. The first-order valence-corrected chi connectivity index (χ1v) is 5.68. The van der Waals surface area contributed by atoms with E-state index in [9.17, 15) is 22.8 Å². The van der Waals surface area contributed by atoms with Crippen LogP contribution in [0.5, 0.6) is 0 Å². The highest BCUT2D eigenvalue weighted by Crippen LogP contribution is 2.35. The van der Waals surface area contributed by atoms with E-state index in [4.69, 9.17) is 4.42 Å². The Morgan fingerprint density at radius 2 is 2.05 bits per heavy atom. The first kappa shape index (κ1) is 14.7. The van der Waals surface area contributed by atoms with Crippen LogP contribution in [0.3, 0.4) is 0 Å². The number of amides is 1. The first-order valence-electron chi connectivity index (χ1n) is 5.68. The largest absolute Gasteiger partial charge is 0.604 e. The molecule has 0 saturated heterocycles. The molecule has 0 spiro atoms. The number of carbonyl (C=O) groups is 1. The summed E-state index contributed by atoms with van der Waals surface area (Å²) in [5.74, 6) is -0.626. The summed E-state index contributed by atoms with van der Waals surface area (Å²) in [7, 11) is 0. The fraction of sp³-hybridized carbons (Fsp3) is 0.0714. The third kappa shape index (κ3) is 3.25. The third-order valence-electron chi connectivity index (χ3n) is 2.53. The van der Waals surface area contributed by atoms with Crippen LogP contribution in [0.2, 0.25) is 0 Å². The summed E-state index contributed by atoms with van der Waals surface area (Å²) in [6, 6.07) is 3.81. The van der Waals surface area contributed by atoms with Gasteiger partial charge in [-0.1, -0.05) is 12.1 Å². The van der Waals surface area contributed by atoms with E-state index < -0.39 is 23.3 Å². The number of benzene rings is 1. The van der Waals surface area contributed by atoms with Crippen LogP contribution in [-0.2, 0) is 11.0 Å². The van der Waals surface area contributed by atoms with E-state index in [1.165, 1.54) is 12.1 Å². The van der Waals surface area contributed by atoms with Gasteiger partial charge in [-0.15, -0.1) is 5.69 Å². The molecule has 0 N–H and O–H groups in total. The van der Waals surface area contributed by atoms with Gasteiger partial charge in [-0.3, -0.25) is 4.79 Å². The Morgan fingerprint density at radius 1 is 1.33 bits per heavy atom. The van der Waals surface area contributed by atoms with Crippen LogP contribution in [0, 0.1) is 6.42 Å². The molecule has 0 fully saturated rings. The monoisotopic (exact) mass is 295 g/mol. The molecule has 0 aliphatic carbocycles. The molecule has 0 atom stereocenters. The minimum Gasteiger partial charge on any atom is -0.604 e. The molecule has 4 nitrogen and oxygen atoms in total. The standard InChI is InChI=1S/C14H8F3NO3/c1-2-3-12(19)18-8-4-5-9-10(14(15,16)17)7-13(20)21-11(9)6-8/h2-7H,1H2. The molecule has 0 aliphatic heterocycles. The lowest BCUT2D eigenvalue weighted by molar-refractivity contribution is -0.136. The zero-order valence-corrected chi connectivity index (χ0v) is 10.5. The Bertz CT molecular complexity index is 762. The molecule has 0 unspecified atom stereocenters. The van der Waals surface area contributed by atoms with E-state index in [0.717, 1.165) is 18.6 Å². The van der Waals surface area contributed by atoms with Crippen LogP contribution in [0.4, 0.5) is 18.9 Å². The van der Waals surface area contributed by atoms with Gasteiger partial charge >= 0.3 is 11.8 Å². The quantitative estimate of drug-likeness (QED) is 0.640. The van der Waals surface area contributed by atoms with E-state index >= 15 is 0 Å². The summed E-state index contributed by atoms with van der Waals surface area (Å²) in [5, 5.41) is 3.33. The summed E-state index contributed by atoms with van der Waals surface area (Å²) >= 11 is 0. The van der Waals surface area contributed by atoms with Crippen molar-refractivity contribution in [3.63, 3.8) is 0 Å². The van der Waals surface area contributed by atoms with Gasteiger partial charge in [0.05, 0.1) is 18.1 Å². The number of hydrogen-bond acceptors (Lipinski definition) is 3. The van der Waals surface area contributed by atoms with E-state index in [1.807, 2.05) is 0 Å². The van der Waals surface area contributed by atoms with Crippen molar-refractivity contribution in [3.8, 4) is 0 Å². The second-order valence-electron chi connectivity index (χ2n) is 4.01. The fourth-order valence-electron chi connectivity index (χ4n) is 1.72. The first-order chi connectivity index (χ1) is 9.81. The second-order valence-corrected chi connectivity index (χ2v) is 4.01. The minimum atomic E-state index is -4.68. The number of alkyl halides is 3. The van der Waals surface area contributed by atoms with Gasteiger partial charge in [-0.2, -0.15) is 13.2 Å². The predicted octanol–water partition coefficient (Wildman–Crippen LogP) is 3.73. The molecule has 2 aromatic rings. The van der Waals surface area contributed by atoms with Crippen LogP contribution in [0.1, 0.15) is 5.56 Å². The van der Waals surface area contributed by atoms with Gasteiger partial charge in [0.2, 0.25) is 0 Å². The average molecular weight is 295 g/mol. The normalized spacial score (nSPS) is 11.2. The highest BCUT2D eigenvalue weighted by atomic mass is 19.4. The molecular formula is C14H8F3NO3. The third-order valence-corrected chi connectivity index (χ3v) is 2.53. The molecular weight excluding hydrogens is 287 g/mol. The predicted molar refractivity (Wildman–Crippen MR) is 70.0 cm³/mol. The highest BCUT2D eigenvalue weighted by molar-refractivity contribution is 6.04. The van der Waals surface area contributed by atoms with Crippen molar-refractivity contribution in [1.82, 2.24) is 0 Å². The zero-order valence-electron chi connectivity index (χ0n) is 10.5. The maximum atomic E-state index is 12.8. The van der Waals surface area contributed by atoms with Crippen molar-refractivity contribution in [1.29, 1.82) is 0 Å². The van der Waals surface area contributed by atoms with Crippen molar-refractivity contribution in [2.75, 3.05) is 0 Å². The van der Waals surface area contributed by atoms with E-state index in [1.54, 1.807) is 0 Å². The van der Waals surface area contributed by atoms with E-state index in [-0.39, 0.29) is 16.7 Å². The molecule has 7 heteroatoms. The maximum absolute atomic E-state index is 12.8. The number of fused-ring (bicyclic) bond motifs is 1. The molecule has 1 heterocycles. The lowest BCUT2D eigenvalue weighted by Crippen LogP contribution is -2.10. The average Bonchev–Trinajstić information content (AvgIpc) is 2.36. The number of nitrogens with zero attached hydrogens (tertiary/aromatic N) is 1. The van der Waals surface area contributed by atoms with Crippen molar-refractivity contribution in [3.05, 3.63) is 64.6 Å². The van der Waals surface area contributed by atoms with Crippen LogP contribution in [0.25, 0.3) is 16.3 Å². The Hall–Kier alpha value is -2.70. The Morgan fingerprint density at radius 3 is 2.67 bits per heavy atom. The topological polar surface area (TPSA) is 61.4 Å². The van der Waals surface area contributed by atoms with Crippen LogP contribution < -0.4 is 5.63 Å². The Kier molecular flexibility index (Phi) is 3.75. The van der Waals surface area contributed by atoms with Gasteiger partial charge < -0.3 is 9.73 Å². The molecule has 1 amide bonds. The summed E-state index contributed by atoms with van der Waals surface area (Å²) in [6.07, 6.45) is -2.36. The van der Waals surface area contributed by atoms with Crippen molar-refractivity contribution in [2.24, 2.45) is 0 Å². The van der Waals surface area contributed by atoms with E-state index in [0.29, 0.717) is 6.07 Å². The van der Waals surface area contributed by atoms with Crippen LogP contribution in [-0.4, -0.2) is 5.91 Å². The lowest BCUT2D eigenvalue weighted by atomic mass is 10.1. The van der Waals surface area contributed by atoms with Gasteiger partial charge in [0.1, 0.15) is 5.58 Å². The SMILES string of the molecule is C=C[CH+]C(=O)[N-]c1ccc2c(C(F)(F)F)cc(=O)oc2c1. The molecule has 0 radical (unpaired) electrons. The lowest BCUT2D eigenvalue weighted by Gasteiger charge is -2.17. The van der Waals surface area contributed by atoms with E-state index in [2.05, 4.69) is 11.9 Å². The van der Waals surface area contributed by atoms with Crippen LogP contribution >= 0.6 is 0 Å². The molecule has 108 valence electrons. The summed E-state index contributed by atoms with van der Waals surface area (Å²) in [6.45, 7) is 3.32. The van der Waals surface area contributed by atoms with Crippen LogP contribution in [0.15, 0.2) is 46.1 Å². The molecule has 2 rings (SSSR count). The Labute approximate surface area is 116 Å². The number of halogens is 3. The molecule has 1 aromatic heterocycles. The molecule has 21 heavy (non-hydrogen) atoms. The van der Waals surface area contributed by atoms with Crippen molar-refractivity contribution >= 4 is 22.6 Å². The van der Waals surface area contributed by atoms with Gasteiger partial charge in [0.25, 0.3) is 0 Å².